The van der Waals surface area contributed by atoms with Gasteiger partial charge in [-0.15, -0.1) is 0 Å². The predicted molar refractivity (Wildman–Crippen MR) is 89.8 cm³/mol. The molecule has 5 heteroatoms. The molecular formula is C17H16BrNO3. The molecule has 0 N–H and O–H groups in total. The van der Waals surface area contributed by atoms with E-state index >= 15 is 0 Å². The van der Waals surface area contributed by atoms with Crippen molar-refractivity contribution in [1.82, 2.24) is 0 Å². The first kappa shape index (κ1) is 14.9. The molecule has 0 spiro atoms. The highest BCUT2D eigenvalue weighted by Gasteiger charge is 2.24. The lowest BCUT2D eigenvalue weighted by atomic mass is 10.1. The SMILES string of the molecule is COc1cc(N2CCc3c(Br)cccc32)cc(OC)c1C=O. The highest BCUT2D eigenvalue weighted by Crippen LogP contribution is 2.41. The molecule has 0 unspecified atom stereocenters. The highest BCUT2D eigenvalue weighted by atomic mass is 79.9. The smallest absolute Gasteiger partial charge is 0.157 e. The minimum atomic E-state index is 0.433. The van der Waals surface area contributed by atoms with Gasteiger partial charge in [-0.05, 0) is 24.1 Å². The molecule has 1 aliphatic rings. The second kappa shape index (κ2) is 6.01. The zero-order chi connectivity index (χ0) is 15.7. The third-order valence-corrected chi connectivity index (χ3v) is 4.67. The van der Waals surface area contributed by atoms with Crippen molar-refractivity contribution in [3.8, 4) is 11.5 Å². The molecule has 0 aliphatic carbocycles. The van der Waals surface area contributed by atoms with Crippen molar-refractivity contribution in [1.29, 1.82) is 0 Å². The fourth-order valence-electron chi connectivity index (χ4n) is 2.86. The first-order chi connectivity index (χ1) is 10.7. The third-order valence-electron chi connectivity index (χ3n) is 3.93. The molecular weight excluding hydrogens is 346 g/mol. The number of anilines is 2. The molecule has 0 saturated heterocycles. The molecule has 0 aromatic heterocycles. The van der Waals surface area contributed by atoms with Crippen LogP contribution in [0.1, 0.15) is 15.9 Å². The molecule has 0 fully saturated rings. The fraction of sp³-hybridized carbons (Fsp3) is 0.235. The Hall–Kier alpha value is -2.01. The summed E-state index contributed by atoms with van der Waals surface area (Å²) in [5.74, 6) is 1.04. The second-order valence-corrected chi connectivity index (χ2v) is 5.88. The summed E-state index contributed by atoms with van der Waals surface area (Å²) in [5.41, 5.74) is 3.84. The summed E-state index contributed by atoms with van der Waals surface area (Å²) in [7, 11) is 3.11. The van der Waals surface area contributed by atoms with Gasteiger partial charge in [0.2, 0.25) is 0 Å². The summed E-state index contributed by atoms with van der Waals surface area (Å²) >= 11 is 3.60. The van der Waals surface area contributed by atoms with Crippen LogP contribution in [0.25, 0.3) is 0 Å². The number of methoxy groups -OCH3 is 2. The van der Waals surface area contributed by atoms with E-state index in [-0.39, 0.29) is 0 Å². The first-order valence-corrected chi connectivity index (χ1v) is 7.75. The number of fused-ring (bicyclic) bond motifs is 1. The quantitative estimate of drug-likeness (QED) is 0.772. The Morgan fingerprint density at radius 3 is 2.45 bits per heavy atom. The summed E-state index contributed by atoms with van der Waals surface area (Å²) in [6.45, 7) is 0.880. The van der Waals surface area contributed by atoms with E-state index in [4.69, 9.17) is 9.47 Å². The number of ether oxygens (including phenoxy) is 2. The van der Waals surface area contributed by atoms with Gasteiger partial charge in [-0.25, -0.2) is 0 Å². The maximum Gasteiger partial charge on any atom is 0.157 e. The predicted octanol–water partition coefficient (Wildman–Crippen LogP) is 3.97. The van der Waals surface area contributed by atoms with Crippen LogP contribution >= 0.6 is 15.9 Å². The van der Waals surface area contributed by atoms with Gasteiger partial charge < -0.3 is 14.4 Å². The number of halogens is 1. The van der Waals surface area contributed by atoms with E-state index in [1.165, 1.54) is 5.56 Å². The largest absolute Gasteiger partial charge is 0.496 e. The van der Waals surface area contributed by atoms with Crippen molar-refractivity contribution in [2.45, 2.75) is 6.42 Å². The van der Waals surface area contributed by atoms with Crippen molar-refractivity contribution in [2.75, 3.05) is 25.7 Å². The van der Waals surface area contributed by atoms with Crippen molar-refractivity contribution < 1.29 is 14.3 Å². The van der Waals surface area contributed by atoms with Gasteiger partial charge in [-0.1, -0.05) is 22.0 Å². The molecule has 3 rings (SSSR count). The Kier molecular flexibility index (Phi) is 4.07. The van der Waals surface area contributed by atoms with Crippen LogP contribution in [0, 0.1) is 0 Å². The lowest BCUT2D eigenvalue weighted by molar-refractivity contribution is 0.111. The van der Waals surface area contributed by atoms with E-state index in [0.717, 1.165) is 35.1 Å². The van der Waals surface area contributed by atoms with E-state index in [1.54, 1.807) is 14.2 Å². The summed E-state index contributed by atoms with van der Waals surface area (Å²) in [4.78, 5) is 13.5. The van der Waals surface area contributed by atoms with E-state index in [0.29, 0.717) is 17.1 Å². The van der Waals surface area contributed by atoms with Gasteiger partial charge in [0.05, 0.1) is 19.8 Å². The topological polar surface area (TPSA) is 38.8 Å². The van der Waals surface area contributed by atoms with Gasteiger partial charge in [0.25, 0.3) is 0 Å². The highest BCUT2D eigenvalue weighted by molar-refractivity contribution is 9.10. The molecule has 114 valence electrons. The van der Waals surface area contributed by atoms with Crippen molar-refractivity contribution in [3.05, 3.63) is 45.9 Å². The average molecular weight is 362 g/mol. The maximum atomic E-state index is 11.3. The molecule has 0 radical (unpaired) electrons. The number of nitrogens with zero attached hydrogens (tertiary/aromatic N) is 1. The molecule has 2 aromatic carbocycles. The van der Waals surface area contributed by atoms with Crippen LogP contribution < -0.4 is 14.4 Å². The zero-order valence-corrected chi connectivity index (χ0v) is 14.0. The number of aldehydes is 1. The van der Waals surface area contributed by atoms with Crippen LogP contribution in [0.15, 0.2) is 34.8 Å². The number of carbonyl (C=O) groups excluding carboxylic acids is 1. The molecule has 0 bridgehead atoms. The summed E-state index contributed by atoms with van der Waals surface area (Å²) in [6, 6.07) is 9.93. The molecule has 2 aromatic rings. The Morgan fingerprint density at radius 1 is 1.18 bits per heavy atom. The Balaban J connectivity index is 2.11. The molecule has 0 amide bonds. The van der Waals surface area contributed by atoms with E-state index < -0.39 is 0 Å². The van der Waals surface area contributed by atoms with Crippen molar-refractivity contribution in [2.24, 2.45) is 0 Å². The standard InChI is InChI=1S/C17H16BrNO3/c1-21-16-8-11(9-17(22-2)13(16)10-20)19-7-6-12-14(18)4-3-5-15(12)19/h3-5,8-10H,6-7H2,1-2H3. The normalized spacial score (nSPS) is 13.0. The molecule has 0 atom stereocenters. The Bertz CT molecular complexity index is 705. The van der Waals surface area contributed by atoms with Crippen molar-refractivity contribution in [3.63, 3.8) is 0 Å². The van der Waals surface area contributed by atoms with Gasteiger partial charge in [-0.3, -0.25) is 4.79 Å². The number of carbonyl (C=O) groups is 1. The summed E-state index contributed by atoms with van der Waals surface area (Å²) < 4.78 is 11.8. The molecule has 0 saturated carbocycles. The van der Waals surface area contributed by atoms with Crippen molar-refractivity contribution >= 4 is 33.6 Å². The number of hydrogen-bond acceptors (Lipinski definition) is 4. The Labute approximate surface area is 137 Å². The minimum Gasteiger partial charge on any atom is -0.496 e. The Morgan fingerprint density at radius 2 is 1.86 bits per heavy atom. The van der Waals surface area contributed by atoms with Crippen LogP contribution in [-0.2, 0) is 6.42 Å². The fourth-order valence-corrected chi connectivity index (χ4v) is 3.41. The summed E-state index contributed by atoms with van der Waals surface area (Å²) in [5, 5.41) is 0. The van der Waals surface area contributed by atoms with E-state index in [2.05, 4.69) is 33.0 Å². The monoisotopic (exact) mass is 361 g/mol. The van der Waals surface area contributed by atoms with Gasteiger partial charge in [-0.2, -0.15) is 0 Å². The lowest BCUT2D eigenvalue weighted by Crippen LogP contribution is -2.14. The molecule has 1 heterocycles. The number of rotatable bonds is 4. The van der Waals surface area contributed by atoms with Gasteiger partial charge in [0, 0.05) is 34.5 Å². The van der Waals surface area contributed by atoms with Gasteiger partial charge in [0.15, 0.2) is 6.29 Å². The zero-order valence-electron chi connectivity index (χ0n) is 12.4. The number of benzene rings is 2. The van der Waals surface area contributed by atoms with Gasteiger partial charge in [0.1, 0.15) is 11.5 Å². The lowest BCUT2D eigenvalue weighted by Gasteiger charge is -2.22. The van der Waals surface area contributed by atoms with E-state index in [9.17, 15) is 4.79 Å². The van der Waals surface area contributed by atoms with E-state index in [1.807, 2.05) is 18.2 Å². The summed E-state index contributed by atoms with van der Waals surface area (Å²) in [6.07, 6.45) is 1.73. The van der Waals surface area contributed by atoms with Gasteiger partial charge >= 0.3 is 0 Å². The minimum absolute atomic E-state index is 0.433. The second-order valence-electron chi connectivity index (χ2n) is 5.02. The molecule has 22 heavy (non-hydrogen) atoms. The van der Waals surface area contributed by atoms with Crippen LogP contribution in [0.4, 0.5) is 11.4 Å². The number of hydrogen-bond donors (Lipinski definition) is 0. The maximum absolute atomic E-state index is 11.3. The first-order valence-electron chi connectivity index (χ1n) is 6.95. The third kappa shape index (κ3) is 2.35. The molecule has 1 aliphatic heterocycles. The molecule has 4 nitrogen and oxygen atoms in total. The van der Waals surface area contributed by atoms with Crippen LogP contribution in [-0.4, -0.2) is 27.1 Å². The van der Waals surface area contributed by atoms with Crippen LogP contribution in [0.2, 0.25) is 0 Å². The van der Waals surface area contributed by atoms with Crippen LogP contribution in [0.5, 0.6) is 11.5 Å². The van der Waals surface area contributed by atoms with Crippen LogP contribution in [0.3, 0.4) is 0 Å². The average Bonchev–Trinajstić information content (AvgIpc) is 2.98.